The van der Waals surface area contributed by atoms with Gasteiger partial charge in [-0.25, -0.2) is 4.39 Å². The van der Waals surface area contributed by atoms with Crippen molar-refractivity contribution in [3.8, 4) is 0 Å². The Morgan fingerprint density at radius 2 is 2.10 bits per heavy atom. The molecule has 1 aliphatic rings. The Kier molecular flexibility index (Phi) is 5.09. The van der Waals surface area contributed by atoms with Crippen molar-refractivity contribution in [1.82, 2.24) is 5.32 Å². The van der Waals surface area contributed by atoms with E-state index in [0.717, 1.165) is 31.5 Å². The lowest BCUT2D eigenvalue weighted by Crippen LogP contribution is -2.49. The lowest BCUT2D eigenvalue weighted by atomic mass is 9.57. The highest BCUT2D eigenvalue weighted by Gasteiger charge is 2.45. The van der Waals surface area contributed by atoms with Gasteiger partial charge in [-0.3, -0.25) is 0 Å². The monoisotopic (exact) mass is 297 g/mol. The summed E-state index contributed by atoms with van der Waals surface area (Å²) in [5.74, 6) is 1.10. The minimum absolute atomic E-state index is 0.0649. The Morgan fingerprint density at radius 3 is 2.70 bits per heavy atom. The van der Waals surface area contributed by atoms with Crippen molar-refractivity contribution in [3.05, 3.63) is 34.6 Å². The molecule has 1 aromatic carbocycles. The molecule has 0 bridgehead atoms. The maximum absolute atomic E-state index is 14.4. The molecule has 1 N–H and O–H groups in total. The van der Waals surface area contributed by atoms with Gasteiger partial charge in [0.1, 0.15) is 5.82 Å². The van der Waals surface area contributed by atoms with Crippen molar-refractivity contribution in [2.24, 2.45) is 11.8 Å². The van der Waals surface area contributed by atoms with Gasteiger partial charge in [-0.1, -0.05) is 50.9 Å². The van der Waals surface area contributed by atoms with Crippen LogP contribution < -0.4 is 5.32 Å². The van der Waals surface area contributed by atoms with Gasteiger partial charge in [0.25, 0.3) is 0 Å². The predicted molar refractivity (Wildman–Crippen MR) is 83.8 cm³/mol. The largest absolute Gasteiger partial charge is 0.316 e. The summed E-state index contributed by atoms with van der Waals surface area (Å²) in [6, 6.07) is 5.40. The molecule has 0 atom stereocenters. The molecule has 1 aromatic rings. The van der Waals surface area contributed by atoms with Crippen LogP contribution in [-0.4, -0.2) is 13.1 Å². The summed E-state index contributed by atoms with van der Waals surface area (Å²) in [5.41, 5.74) is 0.732. The van der Waals surface area contributed by atoms with Crippen LogP contribution in [-0.2, 0) is 5.41 Å². The summed E-state index contributed by atoms with van der Waals surface area (Å²) in [4.78, 5) is 0. The van der Waals surface area contributed by atoms with Crippen molar-refractivity contribution < 1.29 is 4.39 Å². The van der Waals surface area contributed by atoms with Gasteiger partial charge < -0.3 is 5.32 Å². The number of halogens is 2. The first kappa shape index (κ1) is 15.8. The van der Waals surface area contributed by atoms with Crippen LogP contribution in [0.25, 0.3) is 0 Å². The predicted octanol–water partition coefficient (Wildman–Crippen LogP) is 4.78. The quantitative estimate of drug-likeness (QED) is 0.796. The van der Waals surface area contributed by atoms with Gasteiger partial charge in [0.2, 0.25) is 0 Å². The standard InChI is InChI=1S/C17H25ClFN/c1-4-13-8-17(9-13,11-20-10-12(2)3)14-6-5-7-15(18)16(14)19/h5-7,12-13,20H,4,8-11H2,1-3H3. The summed E-state index contributed by atoms with van der Waals surface area (Å²) in [5, 5.41) is 3.75. The number of benzene rings is 1. The molecule has 0 unspecified atom stereocenters. The van der Waals surface area contributed by atoms with Gasteiger partial charge in [0.05, 0.1) is 5.02 Å². The first-order chi connectivity index (χ1) is 9.48. The zero-order valence-corrected chi connectivity index (χ0v) is 13.4. The third-order valence-corrected chi connectivity index (χ3v) is 4.77. The van der Waals surface area contributed by atoms with Gasteiger partial charge in [0.15, 0.2) is 0 Å². The molecule has 0 saturated heterocycles. The van der Waals surface area contributed by atoms with Gasteiger partial charge >= 0.3 is 0 Å². The third kappa shape index (κ3) is 3.17. The smallest absolute Gasteiger partial charge is 0.145 e. The second-order valence-electron chi connectivity index (χ2n) is 6.59. The summed E-state index contributed by atoms with van der Waals surface area (Å²) >= 11 is 5.96. The van der Waals surface area contributed by atoms with E-state index in [9.17, 15) is 4.39 Å². The summed E-state index contributed by atoms with van der Waals surface area (Å²) in [6.07, 6.45) is 3.30. The van der Waals surface area contributed by atoms with Crippen LogP contribution in [0.5, 0.6) is 0 Å². The molecule has 20 heavy (non-hydrogen) atoms. The fourth-order valence-corrected chi connectivity index (χ4v) is 3.48. The van der Waals surface area contributed by atoms with E-state index in [-0.39, 0.29) is 16.3 Å². The molecule has 1 aliphatic carbocycles. The fourth-order valence-electron chi connectivity index (χ4n) is 3.31. The zero-order chi connectivity index (χ0) is 14.8. The number of nitrogens with one attached hydrogen (secondary N) is 1. The van der Waals surface area contributed by atoms with Crippen molar-refractivity contribution in [3.63, 3.8) is 0 Å². The van der Waals surface area contributed by atoms with E-state index in [0.29, 0.717) is 11.8 Å². The highest BCUT2D eigenvalue weighted by atomic mass is 35.5. The van der Waals surface area contributed by atoms with E-state index < -0.39 is 0 Å². The lowest BCUT2D eigenvalue weighted by Gasteiger charge is -2.48. The van der Waals surface area contributed by atoms with E-state index in [1.54, 1.807) is 6.07 Å². The van der Waals surface area contributed by atoms with E-state index in [2.05, 4.69) is 26.1 Å². The molecule has 1 fully saturated rings. The normalized spacial score (nSPS) is 25.8. The van der Waals surface area contributed by atoms with Crippen LogP contribution in [0.15, 0.2) is 18.2 Å². The van der Waals surface area contributed by atoms with Crippen LogP contribution in [0.4, 0.5) is 4.39 Å². The number of hydrogen-bond donors (Lipinski definition) is 1. The van der Waals surface area contributed by atoms with E-state index in [4.69, 9.17) is 11.6 Å². The molecule has 0 radical (unpaired) electrons. The molecular formula is C17H25ClFN. The van der Waals surface area contributed by atoms with Crippen LogP contribution in [0, 0.1) is 17.7 Å². The molecule has 1 saturated carbocycles. The van der Waals surface area contributed by atoms with Crippen molar-refractivity contribution >= 4 is 11.6 Å². The Morgan fingerprint density at radius 1 is 1.40 bits per heavy atom. The Hall–Kier alpha value is -0.600. The van der Waals surface area contributed by atoms with E-state index in [1.165, 1.54) is 6.42 Å². The topological polar surface area (TPSA) is 12.0 Å². The van der Waals surface area contributed by atoms with Crippen molar-refractivity contribution in [2.75, 3.05) is 13.1 Å². The highest BCUT2D eigenvalue weighted by molar-refractivity contribution is 6.30. The van der Waals surface area contributed by atoms with Crippen LogP contribution >= 0.6 is 11.6 Å². The maximum atomic E-state index is 14.4. The summed E-state index contributed by atoms with van der Waals surface area (Å²) < 4.78 is 14.4. The van der Waals surface area contributed by atoms with Crippen molar-refractivity contribution in [2.45, 2.75) is 45.4 Å². The molecular weight excluding hydrogens is 273 g/mol. The molecule has 0 amide bonds. The molecule has 3 heteroatoms. The Bertz CT molecular complexity index is 452. The average molecular weight is 298 g/mol. The van der Waals surface area contributed by atoms with Gasteiger partial charge in [-0.2, -0.15) is 0 Å². The van der Waals surface area contributed by atoms with Crippen LogP contribution in [0.3, 0.4) is 0 Å². The lowest BCUT2D eigenvalue weighted by molar-refractivity contribution is 0.129. The average Bonchev–Trinajstić information content (AvgIpc) is 2.36. The molecule has 0 heterocycles. The second kappa shape index (κ2) is 6.44. The summed E-state index contributed by atoms with van der Waals surface area (Å²) in [7, 11) is 0. The van der Waals surface area contributed by atoms with Gasteiger partial charge in [0, 0.05) is 12.0 Å². The number of hydrogen-bond acceptors (Lipinski definition) is 1. The first-order valence-electron chi connectivity index (χ1n) is 7.63. The molecule has 0 aliphatic heterocycles. The van der Waals surface area contributed by atoms with Gasteiger partial charge in [-0.15, -0.1) is 0 Å². The Labute approximate surface area is 126 Å². The SMILES string of the molecule is CCC1CC(CNCC(C)C)(c2cccc(Cl)c2F)C1. The zero-order valence-electron chi connectivity index (χ0n) is 12.7. The first-order valence-corrected chi connectivity index (χ1v) is 8.01. The van der Waals surface area contributed by atoms with Crippen LogP contribution in [0.2, 0.25) is 5.02 Å². The van der Waals surface area contributed by atoms with Crippen molar-refractivity contribution in [1.29, 1.82) is 0 Å². The van der Waals surface area contributed by atoms with Crippen LogP contribution in [0.1, 0.15) is 45.6 Å². The number of rotatable bonds is 6. The van der Waals surface area contributed by atoms with Gasteiger partial charge in [-0.05, 0) is 42.9 Å². The molecule has 0 spiro atoms. The molecule has 112 valence electrons. The fraction of sp³-hybridized carbons (Fsp3) is 0.647. The molecule has 0 aromatic heterocycles. The van der Waals surface area contributed by atoms with E-state index >= 15 is 0 Å². The molecule has 1 nitrogen and oxygen atoms in total. The molecule has 2 rings (SSSR count). The minimum Gasteiger partial charge on any atom is -0.316 e. The second-order valence-corrected chi connectivity index (χ2v) is 7.00. The minimum atomic E-state index is -0.227. The highest BCUT2D eigenvalue weighted by Crippen LogP contribution is 2.50. The van der Waals surface area contributed by atoms with E-state index in [1.807, 2.05) is 12.1 Å². The summed E-state index contributed by atoms with van der Waals surface area (Å²) in [6.45, 7) is 8.41. The Balaban J connectivity index is 2.17. The third-order valence-electron chi connectivity index (χ3n) is 4.48. The maximum Gasteiger partial charge on any atom is 0.145 e.